The molecule has 5 nitrogen and oxygen atoms in total. The minimum Gasteiger partial charge on any atom is -0.484 e. The SMILES string of the molecule is CC(C)c1cccc(OCC(=O)NCCCN2CCNCC2)c1.Cl. The van der Waals surface area contributed by atoms with Crippen LogP contribution in [0.5, 0.6) is 5.75 Å². The fourth-order valence-electron chi connectivity index (χ4n) is 2.63. The maximum absolute atomic E-state index is 11.8. The Bertz CT molecular complexity index is 491. The molecule has 0 atom stereocenters. The summed E-state index contributed by atoms with van der Waals surface area (Å²) in [5.74, 6) is 1.16. The van der Waals surface area contributed by atoms with Crippen molar-refractivity contribution in [1.82, 2.24) is 15.5 Å². The minimum absolute atomic E-state index is 0. The van der Waals surface area contributed by atoms with Crippen molar-refractivity contribution in [2.24, 2.45) is 0 Å². The van der Waals surface area contributed by atoms with Crippen LogP contribution in [-0.4, -0.2) is 56.7 Å². The molecular weight excluding hydrogens is 326 g/mol. The highest BCUT2D eigenvalue weighted by Crippen LogP contribution is 2.19. The van der Waals surface area contributed by atoms with E-state index in [1.165, 1.54) is 5.56 Å². The standard InChI is InChI=1S/C18H29N3O2.ClH/c1-15(2)16-5-3-6-17(13-16)23-14-18(22)20-7-4-10-21-11-8-19-9-12-21;/h3,5-6,13,15,19H,4,7-12,14H2,1-2H3,(H,20,22);1H. The van der Waals surface area contributed by atoms with E-state index < -0.39 is 0 Å². The lowest BCUT2D eigenvalue weighted by Gasteiger charge is -2.27. The number of nitrogens with one attached hydrogen (secondary N) is 2. The lowest BCUT2D eigenvalue weighted by Crippen LogP contribution is -2.44. The molecule has 0 aliphatic carbocycles. The van der Waals surface area contributed by atoms with E-state index in [9.17, 15) is 4.79 Å². The van der Waals surface area contributed by atoms with Gasteiger partial charge >= 0.3 is 0 Å². The van der Waals surface area contributed by atoms with E-state index in [-0.39, 0.29) is 24.9 Å². The molecule has 2 N–H and O–H groups in total. The van der Waals surface area contributed by atoms with Crippen LogP contribution in [0.3, 0.4) is 0 Å². The van der Waals surface area contributed by atoms with Gasteiger partial charge in [-0.25, -0.2) is 0 Å². The Labute approximate surface area is 151 Å². The number of benzene rings is 1. The van der Waals surface area contributed by atoms with Crippen LogP contribution in [0.1, 0.15) is 31.7 Å². The second-order valence-electron chi connectivity index (χ2n) is 6.31. The van der Waals surface area contributed by atoms with Crippen molar-refractivity contribution in [3.05, 3.63) is 29.8 Å². The number of nitrogens with zero attached hydrogens (tertiary/aromatic N) is 1. The number of rotatable bonds is 8. The fraction of sp³-hybridized carbons (Fsp3) is 0.611. The van der Waals surface area contributed by atoms with Gasteiger partial charge in [0.15, 0.2) is 6.61 Å². The molecular formula is C18H30ClN3O2. The molecule has 0 unspecified atom stereocenters. The summed E-state index contributed by atoms with van der Waals surface area (Å²) in [7, 11) is 0. The van der Waals surface area contributed by atoms with Gasteiger partial charge < -0.3 is 20.3 Å². The van der Waals surface area contributed by atoms with Crippen molar-refractivity contribution in [3.8, 4) is 5.75 Å². The predicted octanol–water partition coefficient (Wildman–Crippen LogP) is 2.02. The number of piperazine rings is 1. The maximum atomic E-state index is 11.8. The van der Waals surface area contributed by atoms with Gasteiger partial charge in [-0.3, -0.25) is 4.79 Å². The Balaban J connectivity index is 0.00000288. The summed E-state index contributed by atoms with van der Waals surface area (Å²) >= 11 is 0. The van der Waals surface area contributed by atoms with Crippen LogP contribution in [0.15, 0.2) is 24.3 Å². The van der Waals surface area contributed by atoms with Crippen LogP contribution < -0.4 is 15.4 Å². The molecule has 1 saturated heterocycles. The summed E-state index contributed by atoms with van der Waals surface area (Å²) in [5.41, 5.74) is 1.22. The first kappa shape index (κ1) is 20.7. The molecule has 136 valence electrons. The minimum atomic E-state index is -0.0553. The molecule has 1 amide bonds. The van der Waals surface area contributed by atoms with Crippen LogP contribution >= 0.6 is 12.4 Å². The van der Waals surface area contributed by atoms with Crippen molar-refractivity contribution >= 4 is 18.3 Å². The number of carbonyl (C=O) groups excluding carboxylic acids is 1. The number of halogens is 1. The van der Waals surface area contributed by atoms with Gasteiger partial charge in [-0.1, -0.05) is 26.0 Å². The Hall–Kier alpha value is -1.30. The lowest BCUT2D eigenvalue weighted by atomic mass is 10.0. The molecule has 6 heteroatoms. The molecule has 1 heterocycles. The van der Waals surface area contributed by atoms with Gasteiger partial charge in [0.05, 0.1) is 0 Å². The predicted molar refractivity (Wildman–Crippen MR) is 100 cm³/mol. The van der Waals surface area contributed by atoms with E-state index in [0.29, 0.717) is 12.5 Å². The molecule has 0 radical (unpaired) electrons. The van der Waals surface area contributed by atoms with Crippen molar-refractivity contribution < 1.29 is 9.53 Å². The van der Waals surface area contributed by atoms with Gasteiger partial charge in [0, 0.05) is 32.7 Å². The van der Waals surface area contributed by atoms with Crippen molar-refractivity contribution in [2.75, 3.05) is 45.9 Å². The van der Waals surface area contributed by atoms with Crippen LogP contribution in [0.4, 0.5) is 0 Å². The largest absolute Gasteiger partial charge is 0.484 e. The van der Waals surface area contributed by atoms with Crippen LogP contribution in [0.25, 0.3) is 0 Å². The van der Waals surface area contributed by atoms with Crippen LogP contribution in [0, 0.1) is 0 Å². The highest BCUT2D eigenvalue weighted by Gasteiger charge is 2.09. The fourth-order valence-corrected chi connectivity index (χ4v) is 2.63. The van der Waals surface area contributed by atoms with E-state index in [1.54, 1.807) is 0 Å². The first-order valence-corrected chi connectivity index (χ1v) is 8.57. The number of amides is 1. The smallest absolute Gasteiger partial charge is 0.257 e. The zero-order chi connectivity index (χ0) is 16.5. The lowest BCUT2D eigenvalue weighted by molar-refractivity contribution is -0.123. The van der Waals surface area contributed by atoms with Gasteiger partial charge in [-0.05, 0) is 36.6 Å². The van der Waals surface area contributed by atoms with Gasteiger partial charge in [0.25, 0.3) is 5.91 Å². The summed E-state index contributed by atoms with van der Waals surface area (Å²) in [6.45, 7) is 10.4. The van der Waals surface area contributed by atoms with E-state index in [4.69, 9.17) is 4.74 Å². The van der Waals surface area contributed by atoms with Gasteiger partial charge in [-0.15, -0.1) is 12.4 Å². The highest BCUT2D eigenvalue weighted by atomic mass is 35.5. The van der Waals surface area contributed by atoms with Crippen molar-refractivity contribution in [3.63, 3.8) is 0 Å². The molecule has 0 saturated carbocycles. The molecule has 1 fully saturated rings. The first-order chi connectivity index (χ1) is 11.1. The maximum Gasteiger partial charge on any atom is 0.257 e. The van der Waals surface area contributed by atoms with Gasteiger partial charge in [0.2, 0.25) is 0 Å². The molecule has 1 aliphatic rings. The number of hydrogen-bond acceptors (Lipinski definition) is 4. The summed E-state index contributed by atoms with van der Waals surface area (Å²) in [6.07, 6.45) is 0.981. The number of carbonyl (C=O) groups is 1. The number of ether oxygens (including phenoxy) is 1. The third-order valence-electron chi connectivity index (χ3n) is 4.08. The van der Waals surface area contributed by atoms with E-state index >= 15 is 0 Å². The van der Waals surface area contributed by atoms with Crippen LogP contribution in [-0.2, 0) is 4.79 Å². The summed E-state index contributed by atoms with van der Waals surface area (Å²) in [4.78, 5) is 14.3. The van der Waals surface area contributed by atoms with Crippen molar-refractivity contribution in [1.29, 1.82) is 0 Å². The Morgan fingerprint density at radius 3 is 2.79 bits per heavy atom. The molecule has 1 aromatic rings. The molecule has 0 aromatic heterocycles. The molecule has 0 spiro atoms. The van der Waals surface area contributed by atoms with Crippen LogP contribution in [0.2, 0.25) is 0 Å². The highest BCUT2D eigenvalue weighted by molar-refractivity contribution is 5.85. The van der Waals surface area contributed by atoms with Gasteiger partial charge in [-0.2, -0.15) is 0 Å². The zero-order valence-electron chi connectivity index (χ0n) is 14.7. The third kappa shape index (κ3) is 7.51. The topological polar surface area (TPSA) is 53.6 Å². The summed E-state index contributed by atoms with van der Waals surface area (Å²) < 4.78 is 5.57. The van der Waals surface area contributed by atoms with E-state index in [0.717, 1.165) is 44.9 Å². The average Bonchev–Trinajstić information content (AvgIpc) is 2.58. The number of hydrogen-bond donors (Lipinski definition) is 2. The summed E-state index contributed by atoms with van der Waals surface area (Å²) in [6, 6.07) is 7.94. The molecule has 2 rings (SSSR count). The molecule has 1 aromatic carbocycles. The normalized spacial score (nSPS) is 15.0. The second-order valence-corrected chi connectivity index (χ2v) is 6.31. The summed E-state index contributed by atoms with van der Waals surface area (Å²) in [5, 5.41) is 6.26. The van der Waals surface area contributed by atoms with E-state index in [1.807, 2.05) is 18.2 Å². The Morgan fingerprint density at radius 2 is 2.08 bits per heavy atom. The Kier molecular flexibility index (Phi) is 9.76. The molecule has 24 heavy (non-hydrogen) atoms. The molecule has 1 aliphatic heterocycles. The third-order valence-corrected chi connectivity index (χ3v) is 4.08. The second kappa shape index (κ2) is 11.3. The monoisotopic (exact) mass is 355 g/mol. The molecule has 0 bridgehead atoms. The zero-order valence-corrected chi connectivity index (χ0v) is 15.5. The average molecular weight is 356 g/mol. The van der Waals surface area contributed by atoms with Gasteiger partial charge in [0.1, 0.15) is 5.75 Å². The Morgan fingerprint density at radius 1 is 1.33 bits per heavy atom. The van der Waals surface area contributed by atoms with E-state index in [2.05, 4.69) is 35.4 Å². The van der Waals surface area contributed by atoms with Crippen molar-refractivity contribution in [2.45, 2.75) is 26.2 Å². The first-order valence-electron chi connectivity index (χ1n) is 8.57. The quantitative estimate of drug-likeness (QED) is 0.700.